The molecule has 1 heterocycles. The number of benzene rings is 2. The van der Waals surface area contributed by atoms with Gasteiger partial charge >= 0.3 is 0 Å². The zero-order chi connectivity index (χ0) is 21.8. The van der Waals surface area contributed by atoms with Crippen molar-refractivity contribution in [3.8, 4) is 5.75 Å². The largest absolute Gasteiger partial charge is 0.507 e. The third-order valence-corrected chi connectivity index (χ3v) is 5.09. The highest BCUT2D eigenvalue weighted by Crippen LogP contribution is 2.40. The lowest BCUT2D eigenvalue weighted by atomic mass is 9.95. The van der Waals surface area contributed by atoms with E-state index in [2.05, 4.69) is 0 Å². The quantitative estimate of drug-likeness (QED) is 0.430. The summed E-state index contributed by atoms with van der Waals surface area (Å²) in [7, 11) is 5.30. The summed E-state index contributed by atoms with van der Waals surface area (Å²) in [5, 5.41) is 11.0. The van der Waals surface area contributed by atoms with E-state index in [0.29, 0.717) is 24.3 Å². The number of aliphatic hydroxyl groups excluding tert-OH is 1. The van der Waals surface area contributed by atoms with Gasteiger partial charge in [-0.2, -0.15) is 0 Å². The first-order valence-electron chi connectivity index (χ1n) is 9.67. The van der Waals surface area contributed by atoms with Gasteiger partial charge in [0.1, 0.15) is 17.3 Å². The van der Waals surface area contributed by atoms with Gasteiger partial charge in [-0.1, -0.05) is 30.3 Å². The summed E-state index contributed by atoms with van der Waals surface area (Å²) in [6.45, 7) is 0.958. The predicted molar refractivity (Wildman–Crippen MR) is 112 cm³/mol. The van der Waals surface area contributed by atoms with Gasteiger partial charge in [-0.15, -0.1) is 0 Å². The molecule has 0 aliphatic carbocycles. The number of carbonyl (C=O) groups is 2. The van der Waals surface area contributed by atoms with Gasteiger partial charge in [0, 0.05) is 17.7 Å². The van der Waals surface area contributed by atoms with Crippen LogP contribution >= 0.6 is 0 Å². The van der Waals surface area contributed by atoms with Crippen molar-refractivity contribution in [1.82, 2.24) is 9.80 Å². The lowest BCUT2D eigenvalue weighted by molar-refractivity contribution is -0.140. The van der Waals surface area contributed by atoms with Crippen LogP contribution in [0, 0.1) is 5.82 Å². The van der Waals surface area contributed by atoms with Crippen LogP contribution in [-0.2, 0) is 9.59 Å². The zero-order valence-electron chi connectivity index (χ0n) is 17.3. The van der Waals surface area contributed by atoms with E-state index in [1.165, 1.54) is 24.1 Å². The Morgan fingerprint density at radius 1 is 1.17 bits per heavy atom. The minimum Gasteiger partial charge on any atom is -0.507 e. The van der Waals surface area contributed by atoms with E-state index < -0.39 is 23.5 Å². The summed E-state index contributed by atoms with van der Waals surface area (Å²) in [6.07, 6.45) is 0.601. The highest BCUT2D eigenvalue weighted by molar-refractivity contribution is 6.46. The number of ether oxygens (including phenoxy) is 1. The van der Waals surface area contributed by atoms with Crippen molar-refractivity contribution < 1.29 is 23.8 Å². The number of rotatable bonds is 7. The maximum Gasteiger partial charge on any atom is 0.295 e. The minimum atomic E-state index is -1.00. The van der Waals surface area contributed by atoms with Crippen LogP contribution in [-0.4, -0.2) is 60.9 Å². The number of likely N-dealkylation sites (tertiary alicyclic amines) is 1. The van der Waals surface area contributed by atoms with Crippen LogP contribution in [0.15, 0.2) is 54.1 Å². The van der Waals surface area contributed by atoms with Crippen molar-refractivity contribution in [2.75, 3.05) is 34.3 Å². The van der Waals surface area contributed by atoms with Gasteiger partial charge in [-0.25, -0.2) is 4.39 Å². The molecule has 0 bridgehead atoms. The SMILES string of the molecule is COc1cccc(/C(O)=C2\C(=O)C(=O)N(CCCN(C)C)C2c2ccccc2F)c1. The fraction of sp³-hybridized carbons (Fsp3) is 0.304. The van der Waals surface area contributed by atoms with Crippen LogP contribution in [0.3, 0.4) is 0 Å². The molecule has 2 aromatic carbocycles. The molecule has 7 heteroatoms. The molecule has 1 aliphatic heterocycles. The molecule has 2 aromatic rings. The fourth-order valence-corrected chi connectivity index (χ4v) is 3.61. The Bertz CT molecular complexity index is 987. The van der Waals surface area contributed by atoms with Gasteiger partial charge in [-0.3, -0.25) is 9.59 Å². The van der Waals surface area contributed by atoms with Crippen LogP contribution in [0.5, 0.6) is 5.75 Å². The van der Waals surface area contributed by atoms with E-state index in [4.69, 9.17) is 4.74 Å². The molecule has 1 aliphatic rings. The maximum absolute atomic E-state index is 14.7. The highest BCUT2D eigenvalue weighted by Gasteiger charge is 2.46. The molecule has 6 nitrogen and oxygen atoms in total. The molecule has 1 saturated heterocycles. The Balaban J connectivity index is 2.12. The first kappa shape index (κ1) is 21.5. The van der Waals surface area contributed by atoms with Crippen molar-refractivity contribution in [3.63, 3.8) is 0 Å². The van der Waals surface area contributed by atoms with E-state index in [1.807, 2.05) is 19.0 Å². The van der Waals surface area contributed by atoms with E-state index in [9.17, 15) is 19.1 Å². The van der Waals surface area contributed by atoms with Gasteiger partial charge in [0.15, 0.2) is 0 Å². The second kappa shape index (κ2) is 9.09. The Morgan fingerprint density at radius 2 is 1.90 bits per heavy atom. The van der Waals surface area contributed by atoms with Crippen LogP contribution in [0.1, 0.15) is 23.6 Å². The number of aliphatic hydroxyl groups is 1. The van der Waals surface area contributed by atoms with Crippen molar-refractivity contribution in [3.05, 3.63) is 71.0 Å². The molecule has 0 spiro atoms. The molecular formula is C23H25FN2O4. The number of Topliss-reactive ketones (excluding diaryl/α,β-unsaturated/α-hetero) is 1. The van der Waals surface area contributed by atoms with Gasteiger partial charge in [0.2, 0.25) is 0 Å². The highest BCUT2D eigenvalue weighted by atomic mass is 19.1. The summed E-state index contributed by atoms with van der Waals surface area (Å²) in [4.78, 5) is 29.0. The summed E-state index contributed by atoms with van der Waals surface area (Å²) in [6, 6.07) is 11.5. The third-order valence-electron chi connectivity index (χ3n) is 5.09. The van der Waals surface area contributed by atoms with Gasteiger partial charge in [0.25, 0.3) is 11.7 Å². The lowest BCUT2D eigenvalue weighted by Crippen LogP contribution is -2.32. The molecule has 158 valence electrons. The summed E-state index contributed by atoms with van der Waals surface area (Å²) in [5.74, 6) is -1.98. The van der Waals surface area contributed by atoms with Crippen molar-refractivity contribution in [2.45, 2.75) is 12.5 Å². The number of hydrogen-bond acceptors (Lipinski definition) is 5. The summed E-state index contributed by atoms with van der Waals surface area (Å²) in [5.41, 5.74) is 0.371. The number of hydrogen-bond donors (Lipinski definition) is 1. The Morgan fingerprint density at radius 3 is 2.57 bits per heavy atom. The van der Waals surface area contributed by atoms with E-state index >= 15 is 0 Å². The first-order valence-corrected chi connectivity index (χ1v) is 9.67. The number of nitrogens with zero attached hydrogens (tertiary/aromatic N) is 2. The molecule has 1 N–H and O–H groups in total. The monoisotopic (exact) mass is 412 g/mol. The summed E-state index contributed by atoms with van der Waals surface area (Å²) >= 11 is 0. The predicted octanol–water partition coefficient (Wildman–Crippen LogP) is 3.21. The second-order valence-electron chi connectivity index (χ2n) is 7.40. The first-order chi connectivity index (χ1) is 14.3. The normalized spacial score (nSPS) is 18.3. The molecule has 1 amide bonds. The number of amides is 1. The van der Waals surface area contributed by atoms with E-state index in [1.54, 1.807) is 36.4 Å². The zero-order valence-corrected chi connectivity index (χ0v) is 17.3. The Kier molecular flexibility index (Phi) is 6.52. The summed E-state index contributed by atoms with van der Waals surface area (Å²) < 4.78 is 19.9. The molecule has 1 fully saturated rings. The van der Waals surface area contributed by atoms with Gasteiger partial charge in [-0.05, 0) is 45.3 Å². The van der Waals surface area contributed by atoms with Crippen LogP contribution in [0.25, 0.3) is 5.76 Å². The smallest absolute Gasteiger partial charge is 0.295 e. The van der Waals surface area contributed by atoms with Crippen LogP contribution in [0.2, 0.25) is 0 Å². The van der Waals surface area contributed by atoms with Gasteiger partial charge in [0.05, 0.1) is 18.7 Å². The van der Waals surface area contributed by atoms with Crippen LogP contribution < -0.4 is 4.74 Å². The topological polar surface area (TPSA) is 70.1 Å². The average Bonchev–Trinajstić information content (AvgIpc) is 2.98. The van der Waals surface area contributed by atoms with Crippen molar-refractivity contribution in [2.24, 2.45) is 0 Å². The van der Waals surface area contributed by atoms with Crippen LogP contribution in [0.4, 0.5) is 4.39 Å². The second-order valence-corrected chi connectivity index (χ2v) is 7.40. The number of carbonyl (C=O) groups excluding carboxylic acids is 2. The molecular weight excluding hydrogens is 387 g/mol. The number of methoxy groups -OCH3 is 1. The van der Waals surface area contributed by atoms with Gasteiger partial charge < -0.3 is 19.6 Å². The van der Waals surface area contributed by atoms with Crippen molar-refractivity contribution in [1.29, 1.82) is 0 Å². The number of ketones is 1. The molecule has 1 unspecified atom stereocenters. The van der Waals surface area contributed by atoms with E-state index in [-0.39, 0.29) is 23.4 Å². The minimum absolute atomic E-state index is 0.122. The molecule has 0 radical (unpaired) electrons. The molecule has 0 aromatic heterocycles. The van der Waals surface area contributed by atoms with Crippen molar-refractivity contribution >= 4 is 17.4 Å². The number of halogens is 1. The molecule has 30 heavy (non-hydrogen) atoms. The lowest BCUT2D eigenvalue weighted by Gasteiger charge is -2.26. The third kappa shape index (κ3) is 4.21. The average molecular weight is 412 g/mol. The molecule has 3 rings (SSSR count). The Hall–Kier alpha value is -3.19. The van der Waals surface area contributed by atoms with E-state index in [0.717, 1.165) is 0 Å². The Labute approximate surface area is 175 Å². The fourth-order valence-electron chi connectivity index (χ4n) is 3.61. The standard InChI is InChI=1S/C23H25FN2O4/c1-25(2)12-7-13-26-20(17-10-4-5-11-18(17)24)19(22(28)23(26)29)21(27)15-8-6-9-16(14-15)30-3/h4-6,8-11,14,20,27H,7,12-13H2,1-3H3/b21-19+. The maximum atomic E-state index is 14.7. The molecule has 1 atom stereocenters. The molecule has 0 saturated carbocycles.